The van der Waals surface area contributed by atoms with Gasteiger partial charge in [0.2, 0.25) is 5.95 Å². The molecule has 1 amide bonds. The minimum atomic E-state index is -4.45. The van der Waals surface area contributed by atoms with Crippen molar-refractivity contribution in [2.24, 2.45) is 0 Å². The molecule has 8 nitrogen and oxygen atoms in total. The molecular weight excluding hydrogens is 507 g/mol. The third kappa shape index (κ3) is 4.52. The predicted octanol–water partition coefficient (Wildman–Crippen LogP) is 4.29. The highest BCUT2D eigenvalue weighted by Crippen LogP contribution is 2.32. The number of carbonyl (C=O) groups excluding carboxylic acids is 1. The topological polar surface area (TPSA) is 80.6 Å². The van der Waals surface area contributed by atoms with Gasteiger partial charge in [-0.25, -0.2) is 9.97 Å². The zero-order valence-corrected chi connectivity index (χ0v) is 20.8. The Bertz CT molecular complexity index is 1500. The lowest BCUT2D eigenvalue weighted by Gasteiger charge is -2.30. The Labute approximate surface area is 213 Å². The minimum Gasteiger partial charge on any atom is -0.411 e. The normalized spacial score (nSPS) is 13.5. The van der Waals surface area contributed by atoms with Crippen molar-refractivity contribution in [3.8, 4) is 0 Å². The van der Waals surface area contributed by atoms with Gasteiger partial charge in [0.05, 0.1) is 28.2 Å². The second-order valence-electron chi connectivity index (χ2n) is 8.39. The third-order valence-electron chi connectivity index (χ3n) is 6.21. The molecule has 12 heteroatoms. The molecule has 37 heavy (non-hydrogen) atoms. The lowest BCUT2D eigenvalue weighted by molar-refractivity contribution is -0.137. The van der Waals surface area contributed by atoms with E-state index in [1.54, 1.807) is 35.1 Å². The molecule has 4 heterocycles. The average molecular weight is 530 g/mol. The molecule has 0 saturated heterocycles. The molecule has 3 aromatic heterocycles. The van der Waals surface area contributed by atoms with Crippen molar-refractivity contribution in [2.45, 2.75) is 26.1 Å². The maximum atomic E-state index is 13.4. The van der Waals surface area contributed by atoms with Crippen LogP contribution in [0, 0.1) is 0 Å². The van der Waals surface area contributed by atoms with Crippen molar-refractivity contribution < 1.29 is 22.8 Å². The second-order valence-corrected chi connectivity index (χ2v) is 9.42. The summed E-state index contributed by atoms with van der Waals surface area (Å²) < 4.78 is 40.1. The highest BCUT2D eigenvalue weighted by atomic mass is 32.1. The maximum absolute atomic E-state index is 13.4. The zero-order chi connectivity index (χ0) is 26.3. The maximum Gasteiger partial charge on any atom is 0.416 e. The third-order valence-corrected chi connectivity index (χ3v) is 7.26. The van der Waals surface area contributed by atoms with Gasteiger partial charge in [-0.1, -0.05) is 6.07 Å². The Morgan fingerprint density at radius 2 is 1.97 bits per heavy atom. The molecule has 0 atom stereocenters. The number of halogens is 3. The van der Waals surface area contributed by atoms with Crippen LogP contribution in [0.3, 0.4) is 0 Å². The lowest BCUT2D eigenvalue weighted by atomic mass is 10.1. The number of nitrogens with zero attached hydrogens (tertiary/aromatic N) is 5. The summed E-state index contributed by atoms with van der Waals surface area (Å²) in [4.78, 5) is 45.4. The number of rotatable bonds is 5. The number of fused-ring (bicyclic) bond motifs is 2. The summed E-state index contributed by atoms with van der Waals surface area (Å²) in [5, 5.41) is 0.879. The number of aromatic nitrogens is 3. The zero-order valence-electron chi connectivity index (χ0n) is 20.0. The Hall–Kier alpha value is -3.93. The van der Waals surface area contributed by atoms with Gasteiger partial charge in [0.1, 0.15) is 11.9 Å². The summed E-state index contributed by atoms with van der Waals surface area (Å²) in [5.41, 5.74) is 0.0603. The summed E-state index contributed by atoms with van der Waals surface area (Å²) in [5.74, 6) is -0.0371. The van der Waals surface area contributed by atoms with Crippen LogP contribution < -0.4 is 15.3 Å². The van der Waals surface area contributed by atoms with Crippen LogP contribution in [0.15, 0.2) is 53.5 Å². The Morgan fingerprint density at radius 1 is 1.22 bits per heavy atom. The van der Waals surface area contributed by atoms with Crippen molar-refractivity contribution in [3.63, 3.8) is 0 Å². The molecular formula is C25H22F3N5O3S. The summed E-state index contributed by atoms with van der Waals surface area (Å²) in [6.07, 6.45) is -2.43. The SMILES string of the molecule is CCN(c1ccc(C(F)(F)F)cc1)c1nc2c(c(=O)n1OC)CN(C(=O)c1cc3cccnc3s1)CC2. The van der Waals surface area contributed by atoms with Gasteiger partial charge in [0.15, 0.2) is 0 Å². The van der Waals surface area contributed by atoms with Gasteiger partial charge in [0, 0.05) is 36.8 Å². The lowest BCUT2D eigenvalue weighted by Crippen LogP contribution is -2.43. The van der Waals surface area contributed by atoms with Crippen LogP contribution in [0.25, 0.3) is 10.2 Å². The van der Waals surface area contributed by atoms with Crippen LogP contribution >= 0.6 is 11.3 Å². The van der Waals surface area contributed by atoms with E-state index in [2.05, 4.69) is 9.97 Å². The number of carbonyl (C=O) groups is 1. The first-order chi connectivity index (χ1) is 17.7. The number of alkyl halides is 3. The van der Waals surface area contributed by atoms with E-state index in [0.29, 0.717) is 41.3 Å². The molecule has 5 rings (SSSR count). The van der Waals surface area contributed by atoms with Crippen LogP contribution in [0.5, 0.6) is 0 Å². The van der Waals surface area contributed by atoms with Gasteiger partial charge < -0.3 is 14.6 Å². The summed E-state index contributed by atoms with van der Waals surface area (Å²) >= 11 is 1.30. The molecule has 1 aromatic carbocycles. The van der Waals surface area contributed by atoms with Crippen molar-refractivity contribution in [1.82, 2.24) is 19.6 Å². The van der Waals surface area contributed by atoms with Crippen LogP contribution in [0.1, 0.15) is 33.4 Å². The molecule has 0 unspecified atom stereocenters. The molecule has 0 N–H and O–H groups in total. The van der Waals surface area contributed by atoms with Gasteiger partial charge in [-0.2, -0.15) is 13.2 Å². The Balaban J connectivity index is 1.47. The van der Waals surface area contributed by atoms with E-state index in [-0.39, 0.29) is 18.4 Å². The highest BCUT2D eigenvalue weighted by Gasteiger charge is 2.32. The molecule has 0 bridgehead atoms. The molecule has 0 aliphatic carbocycles. The first kappa shape index (κ1) is 24.8. The fraction of sp³-hybridized carbons (Fsp3) is 0.280. The minimum absolute atomic E-state index is 0.0672. The van der Waals surface area contributed by atoms with Crippen LogP contribution in [0.4, 0.5) is 24.8 Å². The first-order valence-corrected chi connectivity index (χ1v) is 12.3. The van der Waals surface area contributed by atoms with E-state index in [4.69, 9.17) is 4.84 Å². The van der Waals surface area contributed by atoms with Gasteiger partial charge in [-0.3, -0.25) is 9.59 Å². The predicted molar refractivity (Wildman–Crippen MR) is 133 cm³/mol. The standard InChI is InChI=1S/C25H22F3N5O3S/c1-3-32(17-8-6-16(7-9-17)25(26,27)28)24-30-19-10-12-31(14-18(19)22(34)33(24)36-2)23(35)20-13-15-5-4-11-29-21(15)37-20/h4-9,11,13H,3,10,12,14H2,1-2H3. The van der Waals surface area contributed by atoms with Crippen molar-refractivity contribution >= 4 is 39.1 Å². The van der Waals surface area contributed by atoms with Crippen molar-refractivity contribution in [3.05, 3.63) is 80.7 Å². The van der Waals surface area contributed by atoms with Gasteiger partial charge in [-0.05, 0) is 43.3 Å². The highest BCUT2D eigenvalue weighted by molar-refractivity contribution is 7.20. The molecule has 0 saturated carbocycles. The van der Waals surface area contributed by atoms with Gasteiger partial charge >= 0.3 is 6.18 Å². The number of anilines is 2. The fourth-order valence-corrected chi connectivity index (χ4v) is 5.33. The number of amides is 1. The quantitative estimate of drug-likeness (QED) is 0.384. The molecule has 0 spiro atoms. The monoisotopic (exact) mass is 529 g/mol. The summed E-state index contributed by atoms with van der Waals surface area (Å²) in [7, 11) is 1.31. The van der Waals surface area contributed by atoms with E-state index in [1.807, 2.05) is 6.07 Å². The second kappa shape index (κ2) is 9.51. The summed E-state index contributed by atoms with van der Waals surface area (Å²) in [6, 6.07) is 10.1. The number of pyridine rings is 1. The van der Waals surface area contributed by atoms with E-state index in [9.17, 15) is 22.8 Å². The van der Waals surface area contributed by atoms with E-state index in [0.717, 1.165) is 27.1 Å². The molecule has 1 aliphatic rings. The molecule has 1 aliphatic heterocycles. The molecule has 0 fully saturated rings. The van der Waals surface area contributed by atoms with Gasteiger partial charge in [0.25, 0.3) is 11.5 Å². The van der Waals surface area contributed by atoms with Gasteiger partial charge in [-0.15, -0.1) is 16.1 Å². The van der Waals surface area contributed by atoms with Crippen LogP contribution in [-0.2, 0) is 19.1 Å². The van der Waals surface area contributed by atoms with E-state index in [1.165, 1.54) is 30.6 Å². The smallest absolute Gasteiger partial charge is 0.411 e. The van der Waals surface area contributed by atoms with E-state index < -0.39 is 17.3 Å². The number of hydrogen-bond donors (Lipinski definition) is 0. The first-order valence-electron chi connectivity index (χ1n) is 11.5. The van der Waals surface area contributed by atoms with Crippen LogP contribution in [0.2, 0.25) is 0 Å². The van der Waals surface area contributed by atoms with Crippen molar-refractivity contribution in [2.75, 3.05) is 25.1 Å². The molecule has 4 aromatic rings. The Kier molecular flexibility index (Phi) is 6.36. The summed E-state index contributed by atoms with van der Waals surface area (Å²) in [6.45, 7) is 2.55. The molecule has 192 valence electrons. The van der Waals surface area contributed by atoms with E-state index >= 15 is 0 Å². The van der Waals surface area contributed by atoms with Crippen molar-refractivity contribution in [1.29, 1.82) is 0 Å². The molecule has 0 radical (unpaired) electrons. The largest absolute Gasteiger partial charge is 0.416 e. The Morgan fingerprint density at radius 3 is 2.62 bits per heavy atom. The number of thiophene rings is 1. The average Bonchev–Trinajstić information content (AvgIpc) is 3.33. The fourth-order valence-electron chi connectivity index (χ4n) is 4.36. The number of hydrogen-bond acceptors (Lipinski definition) is 7. The number of benzene rings is 1. The van der Waals surface area contributed by atoms with Crippen LogP contribution in [-0.4, -0.2) is 45.7 Å².